The number of benzene rings is 3. The first kappa shape index (κ1) is 18.4. The lowest BCUT2D eigenvalue weighted by molar-refractivity contribution is 0.102. The minimum absolute atomic E-state index is 0.202. The molecular formula is C23H23N3O. The second-order valence-electron chi connectivity index (χ2n) is 6.43. The van der Waals surface area contributed by atoms with Crippen LogP contribution in [0.2, 0.25) is 0 Å². The van der Waals surface area contributed by atoms with E-state index in [0.29, 0.717) is 22.6 Å². The van der Waals surface area contributed by atoms with Crippen molar-refractivity contribution in [3.05, 3.63) is 83.9 Å². The molecule has 0 unspecified atom stereocenters. The van der Waals surface area contributed by atoms with Gasteiger partial charge in [-0.2, -0.15) is 0 Å². The van der Waals surface area contributed by atoms with Crippen LogP contribution in [0.25, 0.3) is 11.1 Å². The molecule has 4 nitrogen and oxygen atoms in total. The first-order valence-corrected chi connectivity index (χ1v) is 9.02. The van der Waals surface area contributed by atoms with E-state index in [0.717, 1.165) is 29.5 Å². The third-order valence-corrected chi connectivity index (χ3v) is 4.37. The first-order chi connectivity index (χ1) is 13.1. The highest BCUT2D eigenvalue weighted by Gasteiger charge is 2.11. The molecule has 3 rings (SSSR count). The van der Waals surface area contributed by atoms with Gasteiger partial charge in [0.2, 0.25) is 0 Å². The maximum absolute atomic E-state index is 12.7. The Labute approximate surface area is 159 Å². The van der Waals surface area contributed by atoms with Crippen LogP contribution in [0, 0.1) is 5.41 Å². The van der Waals surface area contributed by atoms with Gasteiger partial charge in [-0.25, -0.2) is 0 Å². The minimum atomic E-state index is -0.202. The van der Waals surface area contributed by atoms with E-state index < -0.39 is 0 Å². The molecule has 0 saturated carbocycles. The fourth-order valence-corrected chi connectivity index (χ4v) is 2.95. The van der Waals surface area contributed by atoms with Crippen LogP contribution >= 0.6 is 0 Å². The van der Waals surface area contributed by atoms with Gasteiger partial charge >= 0.3 is 0 Å². The Balaban J connectivity index is 1.84. The first-order valence-electron chi connectivity index (χ1n) is 9.02. The van der Waals surface area contributed by atoms with Crippen molar-refractivity contribution < 1.29 is 4.79 Å². The Morgan fingerprint density at radius 2 is 1.63 bits per heavy atom. The number of carbonyl (C=O) groups excluding carboxylic acids is 1. The molecule has 4 heteroatoms. The van der Waals surface area contributed by atoms with Crippen molar-refractivity contribution in [2.75, 3.05) is 11.1 Å². The quantitative estimate of drug-likeness (QED) is 0.410. The summed E-state index contributed by atoms with van der Waals surface area (Å²) < 4.78 is 0. The lowest BCUT2D eigenvalue weighted by Gasteiger charge is -2.13. The molecule has 4 N–H and O–H groups in total. The summed E-state index contributed by atoms with van der Waals surface area (Å²) in [6, 6.07) is 22.5. The monoisotopic (exact) mass is 357 g/mol. The van der Waals surface area contributed by atoms with E-state index in [9.17, 15) is 4.79 Å². The number of nitrogens with two attached hydrogens (primary N) is 1. The highest BCUT2D eigenvalue weighted by Crippen LogP contribution is 2.30. The normalized spacial score (nSPS) is 10.4. The summed E-state index contributed by atoms with van der Waals surface area (Å²) in [6.07, 6.45) is 1.66. The topological polar surface area (TPSA) is 79.0 Å². The third-order valence-electron chi connectivity index (χ3n) is 4.37. The van der Waals surface area contributed by atoms with Gasteiger partial charge in [0.05, 0.1) is 5.69 Å². The van der Waals surface area contributed by atoms with E-state index in [1.807, 2.05) is 61.5 Å². The molecule has 0 bridgehead atoms. The van der Waals surface area contributed by atoms with Gasteiger partial charge in [-0.05, 0) is 41.8 Å². The van der Waals surface area contributed by atoms with Gasteiger partial charge in [0.15, 0.2) is 0 Å². The second-order valence-corrected chi connectivity index (χ2v) is 6.43. The molecule has 0 aliphatic carbocycles. The van der Waals surface area contributed by atoms with Crippen LogP contribution < -0.4 is 11.1 Å². The molecule has 0 aliphatic heterocycles. The molecule has 0 aromatic heterocycles. The average Bonchev–Trinajstić information content (AvgIpc) is 2.69. The van der Waals surface area contributed by atoms with Crippen molar-refractivity contribution in [3.8, 4) is 11.1 Å². The molecule has 1 amide bonds. The molecule has 0 radical (unpaired) electrons. The van der Waals surface area contributed by atoms with Crippen molar-refractivity contribution in [3.63, 3.8) is 0 Å². The fourth-order valence-electron chi connectivity index (χ4n) is 2.95. The van der Waals surface area contributed by atoms with Gasteiger partial charge in [0.1, 0.15) is 0 Å². The van der Waals surface area contributed by atoms with E-state index >= 15 is 0 Å². The second kappa shape index (κ2) is 8.32. The van der Waals surface area contributed by atoms with Crippen molar-refractivity contribution in [1.29, 1.82) is 5.41 Å². The Morgan fingerprint density at radius 3 is 2.30 bits per heavy atom. The summed E-state index contributed by atoms with van der Waals surface area (Å²) >= 11 is 0. The summed E-state index contributed by atoms with van der Waals surface area (Å²) in [7, 11) is 0. The number of anilines is 2. The Hall–Kier alpha value is -3.40. The summed E-state index contributed by atoms with van der Waals surface area (Å²) in [5.74, 6) is -0.202. The Morgan fingerprint density at radius 1 is 0.963 bits per heavy atom. The van der Waals surface area contributed by atoms with Crippen LogP contribution in [0.5, 0.6) is 0 Å². The van der Waals surface area contributed by atoms with E-state index in [-0.39, 0.29) is 5.91 Å². The molecule has 0 spiro atoms. The molecule has 0 saturated heterocycles. The molecule has 0 heterocycles. The molecule has 3 aromatic rings. The maximum atomic E-state index is 12.7. The highest BCUT2D eigenvalue weighted by molar-refractivity contribution is 6.07. The summed E-state index contributed by atoms with van der Waals surface area (Å²) in [4.78, 5) is 12.7. The number of hydrogen-bond donors (Lipinski definition) is 3. The highest BCUT2D eigenvalue weighted by atomic mass is 16.1. The largest absolute Gasteiger partial charge is 0.399 e. The van der Waals surface area contributed by atoms with Gasteiger partial charge in [-0.15, -0.1) is 0 Å². The van der Waals surface area contributed by atoms with Gasteiger partial charge in [-0.3, -0.25) is 4.79 Å². The summed E-state index contributed by atoms with van der Waals surface area (Å²) in [5, 5.41) is 11.0. The summed E-state index contributed by atoms with van der Waals surface area (Å²) in [6.45, 7) is 2.05. The van der Waals surface area contributed by atoms with Gasteiger partial charge in [0, 0.05) is 22.5 Å². The molecule has 3 aromatic carbocycles. The van der Waals surface area contributed by atoms with E-state index in [2.05, 4.69) is 5.32 Å². The van der Waals surface area contributed by atoms with Gasteiger partial charge < -0.3 is 16.5 Å². The standard InChI is InChI=1S/C23H23N3O/c1-2-6-21(25)17-9-11-18(12-10-17)23(27)26-22-15-19(24)13-14-20(22)16-7-4-3-5-8-16/h3-5,7-15,25H,2,6,24H2,1H3,(H,26,27). The Kier molecular flexibility index (Phi) is 5.67. The van der Waals surface area contributed by atoms with Crippen molar-refractivity contribution in [2.24, 2.45) is 0 Å². The number of rotatable bonds is 6. The predicted molar refractivity (Wildman–Crippen MR) is 112 cm³/mol. The van der Waals surface area contributed by atoms with Crippen LogP contribution in [-0.4, -0.2) is 11.6 Å². The minimum Gasteiger partial charge on any atom is -0.399 e. The van der Waals surface area contributed by atoms with Crippen LogP contribution in [-0.2, 0) is 0 Å². The number of amides is 1. The van der Waals surface area contributed by atoms with Crippen LogP contribution in [0.1, 0.15) is 35.7 Å². The van der Waals surface area contributed by atoms with Crippen molar-refractivity contribution in [2.45, 2.75) is 19.8 Å². The van der Waals surface area contributed by atoms with Crippen molar-refractivity contribution in [1.82, 2.24) is 0 Å². The molecular weight excluding hydrogens is 334 g/mol. The van der Waals surface area contributed by atoms with Gasteiger partial charge in [0.25, 0.3) is 5.91 Å². The van der Waals surface area contributed by atoms with Crippen LogP contribution in [0.3, 0.4) is 0 Å². The number of hydrogen-bond acceptors (Lipinski definition) is 3. The smallest absolute Gasteiger partial charge is 0.255 e. The van der Waals surface area contributed by atoms with Crippen LogP contribution in [0.15, 0.2) is 72.8 Å². The number of nitrogens with one attached hydrogen (secondary N) is 2. The van der Waals surface area contributed by atoms with E-state index in [1.54, 1.807) is 18.2 Å². The third kappa shape index (κ3) is 4.42. The zero-order valence-electron chi connectivity index (χ0n) is 15.3. The molecule has 136 valence electrons. The molecule has 0 atom stereocenters. The van der Waals surface area contributed by atoms with Crippen LogP contribution in [0.4, 0.5) is 11.4 Å². The van der Waals surface area contributed by atoms with Gasteiger partial charge in [-0.1, -0.05) is 61.9 Å². The SMILES string of the molecule is CCCC(=N)c1ccc(C(=O)Nc2cc(N)ccc2-c2ccccc2)cc1. The maximum Gasteiger partial charge on any atom is 0.255 e. The van der Waals surface area contributed by atoms with Crippen molar-refractivity contribution >= 4 is 23.0 Å². The Bertz CT molecular complexity index is 947. The van der Waals surface area contributed by atoms with E-state index in [1.165, 1.54) is 0 Å². The zero-order chi connectivity index (χ0) is 19.2. The average molecular weight is 357 g/mol. The zero-order valence-corrected chi connectivity index (χ0v) is 15.3. The molecule has 27 heavy (non-hydrogen) atoms. The summed E-state index contributed by atoms with van der Waals surface area (Å²) in [5.41, 5.74) is 11.1. The predicted octanol–water partition coefficient (Wildman–Crippen LogP) is 5.36. The molecule has 0 fully saturated rings. The number of carbonyl (C=O) groups is 1. The van der Waals surface area contributed by atoms with E-state index in [4.69, 9.17) is 11.1 Å². The lowest BCUT2D eigenvalue weighted by Crippen LogP contribution is -2.13. The molecule has 0 aliphatic rings. The number of nitrogen functional groups attached to an aromatic ring is 1. The fraction of sp³-hybridized carbons (Fsp3) is 0.130. The lowest BCUT2D eigenvalue weighted by atomic mass is 10.0.